The number of carbonyl (C=O) groups excluding carboxylic acids is 2. The Hall–Kier alpha value is -2.40. The third-order valence-corrected chi connectivity index (χ3v) is 5.37. The number of amides is 2. The molecule has 1 aliphatic heterocycles. The fraction of sp³-hybridized carbons (Fsp3) is 0.0556. The molecule has 0 bridgehead atoms. The second-order valence-electron chi connectivity index (χ2n) is 5.86. The zero-order chi connectivity index (χ0) is 20.2. The molecular weight excluding hydrogens is 510 g/mol. The molecule has 0 atom stereocenters. The lowest BCUT2D eigenvalue weighted by Crippen LogP contribution is -2.31. The smallest absolute Gasteiger partial charge is 0.268 e. The fourth-order valence-electron chi connectivity index (χ4n) is 2.92. The molecule has 0 saturated heterocycles. The Bertz CT molecular complexity index is 1140. The summed E-state index contributed by atoms with van der Waals surface area (Å²) in [6, 6.07) is 11.4. The van der Waals surface area contributed by atoms with E-state index >= 15 is 0 Å². The minimum absolute atomic E-state index is 0.112. The quantitative estimate of drug-likeness (QED) is 0.357. The Morgan fingerprint density at radius 3 is 2.36 bits per heavy atom. The van der Waals surface area contributed by atoms with Gasteiger partial charge in [-0.1, -0.05) is 29.8 Å². The van der Waals surface area contributed by atoms with Gasteiger partial charge in [0.2, 0.25) is 0 Å². The Labute approximate surface area is 174 Å². The predicted octanol–water partition coefficient (Wildman–Crippen LogP) is 4.95. The number of hydrogen-bond donors (Lipinski definition) is 0. The first-order valence-corrected chi connectivity index (χ1v) is 9.25. The normalized spacial score (nSPS) is 14.0. The van der Waals surface area contributed by atoms with Crippen LogP contribution in [0.1, 0.15) is 26.4 Å². The van der Waals surface area contributed by atoms with Crippen molar-refractivity contribution in [2.45, 2.75) is 6.18 Å². The van der Waals surface area contributed by atoms with Crippen molar-refractivity contribution in [2.24, 2.45) is 0 Å². The summed E-state index contributed by atoms with van der Waals surface area (Å²) < 4.78 is 41.3. The van der Waals surface area contributed by atoms with Crippen molar-refractivity contribution in [3.8, 4) is 5.69 Å². The molecule has 0 N–H and O–H groups in total. The van der Waals surface area contributed by atoms with Gasteiger partial charge < -0.3 is 0 Å². The number of halogens is 5. The van der Waals surface area contributed by atoms with E-state index in [0.29, 0.717) is 14.5 Å². The number of nitrogens with zero attached hydrogens (tertiary/aromatic N) is 3. The highest BCUT2D eigenvalue weighted by Crippen LogP contribution is 2.37. The van der Waals surface area contributed by atoms with Crippen molar-refractivity contribution in [2.75, 3.05) is 4.90 Å². The van der Waals surface area contributed by atoms with Gasteiger partial charge in [-0.05, 0) is 46.9 Å². The molecular formula is C18H8ClF3IN3O2. The summed E-state index contributed by atoms with van der Waals surface area (Å²) in [6.07, 6.45) is -4.77. The fourth-order valence-corrected chi connectivity index (χ4v) is 3.87. The maximum atomic E-state index is 13.3. The number of imide groups is 1. The number of benzene rings is 2. The van der Waals surface area contributed by atoms with Crippen LogP contribution in [-0.2, 0) is 6.18 Å². The van der Waals surface area contributed by atoms with Crippen molar-refractivity contribution in [1.82, 2.24) is 9.78 Å². The Morgan fingerprint density at radius 1 is 1.00 bits per heavy atom. The summed E-state index contributed by atoms with van der Waals surface area (Å²) in [6.45, 7) is 0. The largest absolute Gasteiger partial charge is 0.435 e. The van der Waals surface area contributed by atoms with Crippen LogP contribution >= 0.6 is 34.2 Å². The van der Waals surface area contributed by atoms with Gasteiger partial charge in [-0.15, -0.1) is 0 Å². The number of aromatic nitrogens is 2. The summed E-state index contributed by atoms with van der Waals surface area (Å²) in [5, 5.41) is 3.69. The zero-order valence-corrected chi connectivity index (χ0v) is 16.6. The number of para-hydroxylation sites is 1. The Kier molecular flexibility index (Phi) is 4.46. The van der Waals surface area contributed by atoms with Crippen molar-refractivity contribution < 1.29 is 22.8 Å². The van der Waals surface area contributed by atoms with E-state index in [9.17, 15) is 22.8 Å². The second kappa shape index (κ2) is 6.59. The van der Waals surface area contributed by atoms with E-state index in [-0.39, 0.29) is 27.7 Å². The summed E-state index contributed by atoms with van der Waals surface area (Å²) in [4.78, 5) is 26.4. The molecule has 10 heteroatoms. The molecule has 1 aromatic heterocycles. The maximum absolute atomic E-state index is 13.3. The van der Waals surface area contributed by atoms with Crippen molar-refractivity contribution in [1.29, 1.82) is 0 Å². The molecule has 3 aromatic rings. The maximum Gasteiger partial charge on any atom is 0.435 e. The number of hydrogen-bond acceptors (Lipinski definition) is 3. The SMILES string of the molecule is O=C1c2cccc(I)c2C(=O)N1c1cc(C(F)(F)F)nn1-c1ccccc1Cl. The van der Waals surface area contributed by atoms with Crippen LogP contribution in [0.4, 0.5) is 19.0 Å². The second-order valence-corrected chi connectivity index (χ2v) is 7.43. The summed E-state index contributed by atoms with van der Waals surface area (Å²) >= 11 is 8.02. The van der Waals surface area contributed by atoms with Gasteiger partial charge in [-0.3, -0.25) is 9.59 Å². The molecule has 2 heterocycles. The van der Waals surface area contributed by atoms with E-state index in [1.165, 1.54) is 18.2 Å². The summed E-state index contributed by atoms with van der Waals surface area (Å²) in [7, 11) is 0. The van der Waals surface area contributed by atoms with Gasteiger partial charge in [0, 0.05) is 9.64 Å². The molecule has 5 nitrogen and oxygen atoms in total. The number of fused-ring (bicyclic) bond motifs is 1. The highest BCUT2D eigenvalue weighted by atomic mass is 127. The van der Waals surface area contributed by atoms with Crippen molar-refractivity contribution in [3.05, 3.63) is 73.9 Å². The third kappa shape index (κ3) is 2.89. The van der Waals surface area contributed by atoms with Gasteiger partial charge in [0.25, 0.3) is 11.8 Å². The molecule has 2 aromatic carbocycles. The first-order chi connectivity index (χ1) is 13.2. The Balaban J connectivity index is 1.95. The highest BCUT2D eigenvalue weighted by Gasteiger charge is 2.43. The minimum Gasteiger partial charge on any atom is -0.268 e. The van der Waals surface area contributed by atoms with Gasteiger partial charge in [0.1, 0.15) is 5.82 Å². The number of alkyl halides is 3. The van der Waals surface area contributed by atoms with Crippen LogP contribution in [0.15, 0.2) is 48.5 Å². The van der Waals surface area contributed by atoms with E-state index in [1.54, 1.807) is 24.3 Å². The monoisotopic (exact) mass is 517 g/mol. The lowest BCUT2D eigenvalue weighted by atomic mass is 10.1. The van der Waals surface area contributed by atoms with E-state index < -0.39 is 23.7 Å². The van der Waals surface area contributed by atoms with Crippen molar-refractivity contribution >= 4 is 51.8 Å². The number of carbonyl (C=O) groups is 2. The van der Waals surface area contributed by atoms with Gasteiger partial charge >= 0.3 is 6.18 Å². The lowest BCUT2D eigenvalue weighted by molar-refractivity contribution is -0.141. The van der Waals surface area contributed by atoms with Gasteiger partial charge in [0.05, 0.1) is 21.8 Å². The highest BCUT2D eigenvalue weighted by molar-refractivity contribution is 14.1. The molecule has 0 spiro atoms. The van der Waals surface area contributed by atoms with Crippen LogP contribution in [0.3, 0.4) is 0 Å². The molecule has 0 radical (unpaired) electrons. The van der Waals surface area contributed by atoms with Crippen LogP contribution in [0, 0.1) is 3.57 Å². The summed E-state index contributed by atoms with van der Waals surface area (Å²) in [5.41, 5.74) is -0.861. The van der Waals surface area contributed by atoms with Gasteiger partial charge in [-0.25, -0.2) is 9.58 Å². The van der Waals surface area contributed by atoms with E-state index in [4.69, 9.17) is 11.6 Å². The predicted molar refractivity (Wildman–Crippen MR) is 104 cm³/mol. The summed E-state index contributed by atoms with van der Waals surface area (Å²) in [5.74, 6) is -1.77. The average Bonchev–Trinajstić information content (AvgIpc) is 3.16. The zero-order valence-electron chi connectivity index (χ0n) is 13.7. The van der Waals surface area contributed by atoms with Crippen LogP contribution < -0.4 is 4.90 Å². The third-order valence-electron chi connectivity index (χ3n) is 4.15. The van der Waals surface area contributed by atoms with Gasteiger partial charge in [0.15, 0.2) is 5.69 Å². The van der Waals surface area contributed by atoms with Crippen LogP contribution in [0.5, 0.6) is 0 Å². The van der Waals surface area contributed by atoms with Crippen LogP contribution in [-0.4, -0.2) is 21.6 Å². The molecule has 142 valence electrons. The Morgan fingerprint density at radius 2 is 1.71 bits per heavy atom. The number of rotatable bonds is 2. The molecule has 0 saturated carbocycles. The molecule has 1 aliphatic rings. The molecule has 0 unspecified atom stereocenters. The van der Waals surface area contributed by atoms with Crippen LogP contribution in [0.25, 0.3) is 5.69 Å². The van der Waals surface area contributed by atoms with Gasteiger partial charge in [-0.2, -0.15) is 18.3 Å². The molecule has 4 rings (SSSR count). The first kappa shape index (κ1) is 18.9. The lowest BCUT2D eigenvalue weighted by Gasteiger charge is -2.16. The van der Waals surface area contributed by atoms with E-state index in [2.05, 4.69) is 5.10 Å². The van der Waals surface area contributed by atoms with Crippen molar-refractivity contribution in [3.63, 3.8) is 0 Å². The van der Waals surface area contributed by atoms with E-state index in [1.807, 2.05) is 22.6 Å². The molecule has 2 amide bonds. The molecule has 0 fully saturated rings. The number of anilines is 1. The minimum atomic E-state index is -4.77. The first-order valence-electron chi connectivity index (χ1n) is 7.79. The molecule has 0 aliphatic carbocycles. The standard InChI is InChI=1S/C18H8ClF3IN3O2/c19-10-5-1-2-7-12(10)26-14(8-13(24-26)18(20,21)22)25-16(27)9-4-3-6-11(23)15(9)17(25)28/h1-8H. The van der Waals surface area contributed by atoms with Crippen LogP contribution in [0.2, 0.25) is 5.02 Å². The molecule has 28 heavy (non-hydrogen) atoms. The average molecular weight is 518 g/mol. The topological polar surface area (TPSA) is 55.2 Å². The van der Waals surface area contributed by atoms with E-state index in [0.717, 1.165) is 4.68 Å².